The highest BCUT2D eigenvalue weighted by Crippen LogP contribution is 2.44. The van der Waals surface area contributed by atoms with E-state index in [1.165, 1.54) is 65.6 Å². The number of fused-ring (bicyclic) bond motifs is 12. The standard InChI is InChI=1S/C48H29N3/c1-2-12-32(13-3-1)51-45-21-11-9-17-37(45)41-26-30(22-23-46(41)51)40-28-42-35-15-5-7-19-39(35)48-43(47(42)38-18-6-4-14-34(38)40)27-31(29-50-48)33-24-25-49-44-20-10-8-16-36(33)44/h1-29H. The summed E-state index contributed by atoms with van der Waals surface area (Å²) in [5.74, 6) is 0. The molecule has 3 aromatic heterocycles. The predicted octanol–water partition coefficient (Wildman–Crippen LogP) is 12.7. The maximum Gasteiger partial charge on any atom is 0.0787 e. The summed E-state index contributed by atoms with van der Waals surface area (Å²) in [6, 6.07) is 59.2. The molecule has 0 radical (unpaired) electrons. The fourth-order valence-electron chi connectivity index (χ4n) is 8.40. The van der Waals surface area contributed by atoms with E-state index in [-0.39, 0.29) is 0 Å². The second-order valence-corrected chi connectivity index (χ2v) is 13.4. The summed E-state index contributed by atoms with van der Waals surface area (Å²) in [5, 5.41) is 12.1. The maximum absolute atomic E-state index is 5.20. The van der Waals surface area contributed by atoms with Crippen molar-refractivity contribution in [3.8, 4) is 27.9 Å². The van der Waals surface area contributed by atoms with E-state index in [2.05, 4.69) is 167 Å². The van der Waals surface area contributed by atoms with Gasteiger partial charge in [-0.1, -0.05) is 109 Å². The number of para-hydroxylation sites is 3. The van der Waals surface area contributed by atoms with E-state index < -0.39 is 0 Å². The molecular formula is C48H29N3. The minimum absolute atomic E-state index is 0.984. The molecule has 236 valence electrons. The van der Waals surface area contributed by atoms with Crippen LogP contribution in [0.1, 0.15) is 0 Å². The van der Waals surface area contributed by atoms with Crippen molar-refractivity contribution in [2.45, 2.75) is 0 Å². The van der Waals surface area contributed by atoms with Crippen LogP contribution in [-0.4, -0.2) is 14.5 Å². The summed E-state index contributed by atoms with van der Waals surface area (Å²) in [4.78, 5) is 9.83. The van der Waals surface area contributed by atoms with Crippen molar-refractivity contribution >= 4 is 75.9 Å². The van der Waals surface area contributed by atoms with E-state index in [1.807, 2.05) is 18.5 Å². The summed E-state index contributed by atoms with van der Waals surface area (Å²) < 4.78 is 2.38. The Balaban J connectivity index is 1.23. The van der Waals surface area contributed by atoms with Crippen molar-refractivity contribution < 1.29 is 0 Å². The van der Waals surface area contributed by atoms with Gasteiger partial charge in [0.1, 0.15) is 0 Å². The third kappa shape index (κ3) is 4.12. The van der Waals surface area contributed by atoms with Crippen molar-refractivity contribution in [3.63, 3.8) is 0 Å². The maximum atomic E-state index is 5.20. The van der Waals surface area contributed by atoms with Crippen LogP contribution in [0.25, 0.3) is 104 Å². The highest BCUT2D eigenvalue weighted by molar-refractivity contribution is 6.32. The molecule has 0 saturated carbocycles. The molecule has 0 N–H and O–H groups in total. The summed E-state index contributed by atoms with van der Waals surface area (Å²) in [7, 11) is 0. The van der Waals surface area contributed by atoms with E-state index in [1.54, 1.807) is 0 Å². The molecule has 11 aromatic rings. The molecular weight excluding hydrogens is 619 g/mol. The van der Waals surface area contributed by atoms with Gasteiger partial charge in [-0.3, -0.25) is 9.97 Å². The molecule has 3 heteroatoms. The van der Waals surface area contributed by atoms with Gasteiger partial charge in [0.15, 0.2) is 0 Å². The molecule has 3 nitrogen and oxygen atoms in total. The van der Waals surface area contributed by atoms with Gasteiger partial charge in [-0.25, -0.2) is 0 Å². The summed E-state index contributed by atoms with van der Waals surface area (Å²) in [5.41, 5.74) is 10.2. The molecule has 0 aliphatic rings. The topological polar surface area (TPSA) is 30.7 Å². The van der Waals surface area contributed by atoms with Crippen LogP contribution in [0.15, 0.2) is 176 Å². The van der Waals surface area contributed by atoms with Crippen LogP contribution in [-0.2, 0) is 0 Å². The Bertz CT molecular complexity index is 3190. The second-order valence-electron chi connectivity index (χ2n) is 13.4. The molecule has 0 saturated heterocycles. The van der Waals surface area contributed by atoms with Gasteiger partial charge in [-0.15, -0.1) is 0 Å². The first kappa shape index (κ1) is 28.0. The van der Waals surface area contributed by atoms with Crippen LogP contribution in [0.2, 0.25) is 0 Å². The normalized spacial score (nSPS) is 11.9. The first-order valence-electron chi connectivity index (χ1n) is 17.4. The Hall–Kier alpha value is -6.84. The zero-order valence-electron chi connectivity index (χ0n) is 27.6. The number of pyridine rings is 2. The summed E-state index contributed by atoms with van der Waals surface area (Å²) >= 11 is 0. The van der Waals surface area contributed by atoms with Gasteiger partial charge >= 0.3 is 0 Å². The molecule has 51 heavy (non-hydrogen) atoms. The third-order valence-corrected chi connectivity index (χ3v) is 10.6. The Labute approximate surface area is 293 Å². The number of aromatic nitrogens is 3. The first-order valence-corrected chi connectivity index (χ1v) is 17.4. The molecule has 0 atom stereocenters. The lowest BCUT2D eigenvalue weighted by Crippen LogP contribution is -1.93. The summed E-state index contributed by atoms with van der Waals surface area (Å²) in [6.07, 6.45) is 3.93. The molecule has 3 heterocycles. The second kappa shape index (κ2) is 10.8. The number of hydrogen-bond acceptors (Lipinski definition) is 2. The third-order valence-electron chi connectivity index (χ3n) is 10.6. The number of benzene rings is 8. The van der Waals surface area contributed by atoms with Crippen molar-refractivity contribution in [3.05, 3.63) is 176 Å². The Kier molecular flexibility index (Phi) is 5.96. The van der Waals surface area contributed by atoms with Crippen LogP contribution < -0.4 is 0 Å². The van der Waals surface area contributed by atoms with Gasteiger partial charge in [-0.2, -0.15) is 0 Å². The molecule has 0 amide bonds. The lowest BCUT2D eigenvalue weighted by molar-refractivity contribution is 1.18. The average molecular weight is 648 g/mol. The molecule has 0 aliphatic carbocycles. The fourth-order valence-corrected chi connectivity index (χ4v) is 8.40. The highest BCUT2D eigenvalue weighted by atomic mass is 15.0. The first-order chi connectivity index (χ1) is 25.3. The Morgan fingerprint density at radius 3 is 1.90 bits per heavy atom. The average Bonchev–Trinajstić information content (AvgIpc) is 3.54. The zero-order chi connectivity index (χ0) is 33.5. The van der Waals surface area contributed by atoms with Gasteiger partial charge in [-0.05, 0) is 98.2 Å². The molecule has 8 aromatic carbocycles. The Morgan fingerprint density at radius 1 is 0.373 bits per heavy atom. The van der Waals surface area contributed by atoms with Crippen LogP contribution in [0.5, 0.6) is 0 Å². The molecule has 0 fully saturated rings. The SMILES string of the molecule is c1ccc(-n2c3ccccc3c3cc(-c4cc5c6ccccc6c6ncc(-c7ccnc8ccccc78)cc6c5c5ccccc45)ccc32)cc1. The van der Waals surface area contributed by atoms with E-state index in [0.29, 0.717) is 0 Å². The van der Waals surface area contributed by atoms with Crippen molar-refractivity contribution in [2.75, 3.05) is 0 Å². The molecule has 0 unspecified atom stereocenters. The molecule has 0 bridgehead atoms. The fraction of sp³-hybridized carbons (Fsp3) is 0. The van der Waals surface area contributed by atoms with Gasteiger partial charge in [0.25, 0.3) is 0 Å². The minimum Gasteiger partial charge on any atom is -0.309 e. The monoisotopic (exact) mass is 647 g/mol. The van der Waals surface area contributed by atoms with E-state index in [4.69, 9.17) is 4.98 Å². The predicted molar refractivity (Wildman–Crippen MR) is 215 cm³/mol. The summed E-state index contributed by atoms with van der Waals surface area (Å²) in [6.45, 7) is 0. The minimum atomic E-state index is 0.984. The molecule has 11 rings (SSSR count). The van der Waals surface area contributed by atoms with Crippen molar-refractivity contribution in [2.24, 2.45) is 0 Å². The Morgan fingerprint density at radius 2 is 1.04 bits per heavy atom. The van der Waals surface area contributed by atoms with Gasteiger partial charge in [0.05, 0.1) is 22.1 Å². The van der Waals surface area contributed by atoms with Gasteiger partial charge in [0, 0.05) is 50.6 Å². The molecule has 0 spiro atoms. The van der Waals surface area contributed by atoms with Crippen LogP contribution in [0.4, 0.5) is 0 Å². The van der Waals surface area contributed by atoms with Crippen LogP contribution in [0, 0.1) is 0 Å². The largest absolute Gasteiger partial charge is 0.309 e. The number of nitrogens with zero attached hydrogens (tertiary/aromatic N) is 3. The smallest absolute Gasteiger partial charge is 0.0787 e. The van der Waals surface area contributed by atoms with E-state index >= 15 is 0 Å². The quantitative estimate of drug-likeness (QED) is 0.179. The van der Waals surface area contributed by atoms with Gasteiger partial charge in [0.2, 0.25) is 0 Å². The number of hydrogen-bond donors (Lipinski definition) is 0. The lowest BCUT2D eigenvalue weighted by Gasteiger charge is -2.17. The van der Waals surface area contributed by atoms with Crippen LogP contribution in [0.3, 0.4) is 0 Å². The van der Waals surface area contributed by atoms with Crippen molar-refractivity contribution in [1.82, 2.24) is 14.5 Å². The molecule has 0 aliphatic heterocycles. The highest BCUT2D eigenvalue weighted by Gasteiger charge is 2.19. The van der Waals surface area contributed by atoms with E-state index in [9.17, 15) is 0 Å². The van der Waals surface area contributed by atoms with Crippen LogP contribution >= 0.6 is 0 Å². The zero-order valence-corrected chi connectivity index (χ0v) is 27.6. The van der Waals surface area contributed by atoms with Gasteiger partial charge < -0.3 is 4.57 Å². The number of rotatable bonds is 3. The van der Waals surface area contributed by atoms with Crippen molar-refractivity contribution in [1.29, 1.82) is 0 Å². The lowest BCUT2D eigenvalue weighted by atomic mass is 9.88. The van der Waals surface area contributed by atoms with E-state index in [0.717, 1.165) is 38.3 Å².